The number of rotatable bonds is 12. The summed E-state index contributed by atoms with van der Waals surface area (Å²) in [6, 6.07) is 16.1. The van der Waals surface area contributed by atoms with Crippen molar-refractivity contribution in [2.45, 2.75) is 59.0 Å². The fourth-order valence-corrected chi connectivity index (χ4v) is 4.40. The molecule has 2 atom stereocenters. The average molecular weight is 488 g/mol. The number of amides is 2. The van der Waals surface area contributed by atoms with Gasteiger partial charge in [-0.15, -0.1) is 0 Å². The van der Waals surface area contributed by atoms with E-state index in [1.165, 1.54) is 4.90 Å². The standard InChI is InChI=1S/C26H37N3O4S/c1-6-20(3)27-26(31)21(4)28(18-17-23-11-9-8-10-12-23)25(30)19-29(34(5,32)33)24-15-13-22(7-2)14-16-24/h8-16,20-21H,6-7,17-19H2,1-5H3,(H,27,31)/t20-,21-/m0/s1. The Labute approximate surface area is 204 Å². The minimum absolute atomic E-state index is 0.0226. The number of carbonyl (C=O) groups excluding carboxylic acids is 2. The third-order valence-electron chi connectivity index (χ3n) is 5.96. The molecule has 0 saturated carbocycles. The first kappa shape index (κ1) is 27.4. The highest BCUT2D eigenvalue weighted by atomic mass is 32.2. The van der Waals surface area contributed by atoms with Gasteiger partial charge in [0.05, 0.1) is 11.9 Å². The van der Waals surface area contributed by atoms with Gasteiger partial charge in [-0.1, -0.05) is 56.3 Å². The first-order valence-electron chi connectivity index (χ1n) is 11.8. The molecule has 8 heteroatoms. The van der Waals surface area contributed by atoms with E-state index in [1.54, 1.807) is 19.1 Å². The van der Waals surface area contributed by atoms with Gasteiger partial charge in [-0.3, -0.25) is 13.9 Å². The summed E-state index contributed by atoms with van der Waals surface area (Å²) < 4.78 is 26.3. The summed E-state index contributed by atoms with van der Waals surface area (Å²) in [5.74, 6) is -0.679. The van der Waals surface area contributed by atoms with Gasteiger partial charge >= 0.3 is 0 Å². The summed E-state index contributed by atoms with van der Waals surface area (Å²) in [4.78, 5) is 27.8. The molecule has 186 valence electrons. The van der Waals surface area contributed by atoms with Crippen molar-refractivity contribution in [1.82, 2.24) is 10.2 Å². The maximum Gasteiger partial charge on any atom is 0.244 e. The van der Waals surface area contributed by atoms with Crippen LogP contribution in [-0.2, 0) is 32.5 Å². The van der Waals surface area contributed by atoms with Gasteiger partial charge in [0.2, 0.25) is 21.8 Å². The number of sulfonamides is 1. The van der Waals surface area contributed by atoms with Crippen molar-refractivity contribution < 1.29 is 18.0 Å². The minimum atomic E-state index is -3.72. The number of nitrogens with one attached hydrogen (secondary N) is 1. The molecule has 2 amide bonds. The first-order chi connectivity index (χ1) is 16.1. The molecule has 1 N–H and O–H groups in total. The van der Waals surface area contributed by atoms with Crippen LogP contribution in [0.4, 0.5) is 5.69 Å². The number of anilines is 1. The summed E-state index contributed by atoms with van der Waals surface area (Å²) in [5.41, 5.74) is 2.53. The molecule has 0 aromatic heterocycles. The number of carbonyl (C=O) groups is 2. The molecular formula is C26H37N3O4S. The third kappa shape index (κ3) is 7.87. The molecule has 34 heavy (non-hydrogen) atoms. The molecule has 0 fully saturated rings. The lowest BCUT2D eigenvalue weighted by molar-refractivity contribution is -0.139. The fraction of sp³-hybridized carbons (Fsp3) is 0.462. The molecule has 0 heterocycles. The van der Waals surface area contributed by atoms with E-state index in [0.717, 1.165) is 34.5 Å². The maximum absolute atomic E-state index is 13.5. The second-order valence-electron chi connectivity index (χ2n) is 8.61. The van der Waals surface area contributed by atoms with E-state index in [0.29, 0.717) is 18.7 Å². The lowest BCUT2D eigenvalue weighted by Crippen LogP contribution is -2.53. The van der Waals surface area contributed by atoms with E-state index >= 15 is 0 Å². The van der Waals surface area contributed by atoms with E-state index in [2.05, 4.69) is 5.32 Å². The van der Waals surface area contributed by atoms with Gasteiger partial charge in [0.15, 0.2) is 0 Å². The van der Waals surface area contributed by atoms with E-state index in [9.17, 15) is 18.0 Å². The van der Waals surface area contributed by atoms with Crippen molar-refractivity contribution in [3.05, 3.63) is 65.7 Å². The largest absolute Gasteiger partial charge is 0.352 e. The van der Waals surface area contributed by atoms with Crippen molar-refractivity contribution in [2.75, 3.05) is 23.7 Å². The van der Waals surface area contributed by atoms with E-state index in [4.69, 9.17) is 0 Å². The molecule has 0 aliphatic carbocycles. The molecule has 0 aliphatic heterocycles. The van der Waals surface area contributed by atoms with Crippen molar-refractivity contribution in [2.24, 2.45) is 0 Å². The Bertz CT molecular complexity index is 1040. The Morgan fingerprint density at radius 1 is 0.941 bits per heavy atom. The van der Waals surface area contributed by atoms with Gasteiger partial charge in [-0.2, -0.15) is 0 Å². The van der Waals surface area contributed by atoms with Crippen molar-refractivity contribution in [1.29, 1.82) is 0 Å². The predicted octanol–water partition coefficient (Wildman–Crippen LogP) is 3.39. The lowest BCUT2D eigenvalue weighted by atomic mass is 10.1. The SMILES string of the molecule is CCc1ccc(N(CC(=O)N(CCc2ccccc2)[C@@H](C)C(=O)N[C@@H](C)CC)S(C)(=O)=O)cc1. The van der Waals surface area contributed by atoms with Gasteiger partial charge in [0, 0.05) is 12.6 Å². The van der Waals surface area contributed by atoms with Crippen LogP contribution in [0.15, 0.2) is 54.6 Å². The quantitative estimate of drug-likeness (QED) is 0.497. The zero-order valence-electron chi connectivity index (χ0n) is 20.8. The monoisotopic (exact) mass is 487 g/mol. The predicted molar refractivity (Wildman–Crippen MR) is 137 cm³/mol. The Balaban J connectivity index is 2.29. The van der Waals surface area contributed by atoms with Gasteiger partial charge in [0.1, 0.15) is 12.6 Å². The summed E-state index contributed by atoms with van der Waals surface area (Å²) >= 11 is 0. The molecule has 0 unspecified atom stereocenters. The molecule has 0 saturated heterocycles. The van der Waals surface area contributed by atoms with Gasteiger partial charge in [-0.05, 0) is 56.4 Å². The number of hydrogen-bond donors (Lipinski definition) is 1. The molecule has 2 aromatic carbocycles. The zero-order chi connectivity index (χ0) is 25.3. The highest BCUT2D eigenvalue weighted by Crippen LogP contribution is 2.19. The van der Waals surface area contributed by atoms with Crippen molar-refractivity contribution in [3.63, 3.8) is 0 Å². The lowest BCUT2D eigenvalue weighted by Gasteiger charge is -2.32. The normalized spacial score (nSPS) is 13.1. The minimum Gasteiger partial charge on any atom is -0.352 e. The number of hydrogen-bond acceptors (Lipinski definition) is 4. The molecule has 7 nitrogen and oxygen atoms in total. The Hall–Kier alpha value is -2.87. The second-order valence-corrected chi connectivity index (χ2v) is 10.5. The molecule has 2 aromatic rings. The molecular weight excluding hydrogens is 450 g/mol. The first-order valence-corrected chi connectivity index (χ1v) is 13.6. The van der Waals surface area contributed by atoms with Gasteiger partial charge in [-0.25, -0.2) is 8.42 Å². The van der Waals surface area contributed by atoms with Crippen LogP contribution in [0.3, 0.4) is 0 Å². The van der Waals surface area contributed by atoms with Crippen LogP contribution in [-0.4, -0.2) is 56.6 Å². The highest BCUT2D eigenvalue weighted by Gasteiger charge is 2.30. The molecule has 2 rings (SSSR count). The van der Waals surface area contributed by atoms with Crippen LogP contribution in [0, 0.1) is 0 Å². The fourth-order valence-electron chi connectivity index (χ4n) is 3.55. The molecule has 0 bridgehead atoms. The van der Waals surface area contributed by atoms with Crippen LogP contribution in [0.1, 0.15) is 45.2 Å². The highest BCUT2D eigenvalue weighted by molar-refractivity contribution is 7.92. The second kappa shape index (κ2) is 12.6. The summed E-state index contributed by atoms with van der Waals surface area (Å²) in [5, 5.41) is 2.93. The van der Waals surface area contributed by atoms with Crippen molar-refractivity contribution >= 4 is 27.5 Å². The molecule has 0 aliphatic rings. The smallest absolute Gasteiger partial charge is 0.244 e. The van der Waals surface area contributed by atoms with Crippen LogP contribution in [0.25, 0.3) is 0 Å². The number of benzene rings is 2. The van der Waals surface area contributed by atoms with E-state index in [-0.39, 0.29) is 18.5 Å². The summed E-state index contributed by atoms with van der Waals surface area (Å²) in [7, 11) is -3.72. The topological polar surface area (TPSA) is 86.8 Å². The Morgan fingerprint density at radius 3 is 2.09 bits per heavy atom. The zero-order valence-corrected chi connectivity index (χ0v) is 21.6. The van der Waals surface area contributed by atoms with Crippen LogP contribution >= 0.6 is 0 Å². The Kier molecular flexibility index (Phi) is 10.1. The number of aryl methyl sites for hydroxylation is 1. The molecule has 0 spiro atoms. The van der Waals surface area contributed by atoms with E-state index in [1.807, 2.05) is 63.2 Å². The molecule has 0 radical (unpaired) electrons. The third-order valence-corrected chi connectivity index (χ3v) is 7.10. The Morgan fingerprint density at radius 2 is 1.56 bits per heavy atom. The van der Waals surface area contributed by atoms with Crippen LogP contribution in [0.5, 0.6) is 0 Å². The van der Waals surface area contributed by atoms with Crippen LogP contribution in [0.2, 0.25) is 0 Å². The summed E-state index contributed by atoms with van der Waals surface area (Å²) in [6.07, 6.45) is 3.24. The maximum atomic E-state index is 13.5. The van der Waals surface area contributed by atoms with Gasteiger partial charge in [0.25, 0.3) is 0 Å². The van der Waals surface area contributed by atoms with Gasteiger partial charge < -0.3 is 10.2 Å². The summed E-state index contributed by atoms with van der Waals surface area (Å²) in [6.45, 7) is 7.50. The van der Waals surface area contributed by atoms with Crippen molar-refractivity contribution in [3.8, 4) is 0 Å². The number of nitrogens with zero attached hydrogens (tertiary/aromatic N) is 2. The van der Waals surface area contributed by atoms with E-state index < -0.39 is 22.0 Å². The van der Waals surface area contributed by atoms with Crippen LogP contribution < -0.4 is 9.62 Å². The average Bonchev–Trinajstić information content (AvgIpc) is 2.82.